The monoisotopic (exact) mass is 1450 g/mol. The molecule has 0 radical (unpaired) electrons. The fraction of sp³-hybridized carbons (Fsp3) is 0.889. The number of carbonyl (C=O) groups excluding carboxylic acids is 9. The van der Waals surface area contributed by atoms with Crippen LogP contribution in [0.2, 0.25) is 0 Å². The minimum Gasteiger partial charge on any atom is -0.466 e. The van der Waals surface area contributed by atoms with E-state index in [9.17, 15) is 34.2 Å². The minimum absolute atomic E-state index is 0.0102. The Kier molecular flexibility index (Phi) is 62.5. The average Bonchev–Trinajstić information content (AvgIpc) is 0.857. The third-order valence-corrected chi connectivity index (χ3v) is 20.3. The van der Waals surface area contributed by atoms with E-state index in [-0.39, 0.29) is 120 Å². The van der Waals surface area contributed by atoms with Gasteiger partial charge in [0.2, 0.25) is 41.4 Å². The molecule has 0 aliphatic carbocycles. The molecule has 0 rings (SSSR count). The zero-order valence-corrected chi connectivity index (χ0v) is 66.8. The Balaban J connectivity index is 7.49. The Morgan fingerprint density at radius 2 is 0.588 bits per heavy atom. The number of ether oxygens (including phenoxy) is 2. The first-order chi connectivity index (χ1) is 49.3. The Morgan fingerprint density at radius 3 is 0.892 bits per heavy atom. The quantitative estimate of drug-likeness (QED) is 0.0326. The predicted molar refractivity (Wildman–Crippen MR) is 412 cm³/mol. The third kappa shape index (κ3) is 49.8. The molecule has 5 N–H and O–H groups in total. The molecular formula is C81H154N8O13. The molecule has 21 heteroatoms. The number of hydrogen-bond acceptors (Lipinski definition) is 14. The summed E-state index contributed by atoms with van der Waals surface area (Å²) in [5, 5.41) is 22.7. The number of aliphatic hydroxyl groups excluding tert-OH is 2. The lowest BCUT2D eigenvalue weighted by Crippen LogP contribution is -2.53. The molecule has 0 aliphatic heterocycles. The second kappa shape index (κ2) is 65.6. The van der Waals surface area contributed by atoms with E-state index in [1.54, 1.807) is 9.80 Å². The summed E-state index contributed by atoms with van der Waals surface area (Å²) in [7, 11) is 0. The number of aliphatic hydroxyl groups is 2. The highest BCUT2D eigenvalue weighted by Gasteiger charge is 2.33. The van der Waals surface area contributed by atoms with Gasteiger partial charge in [-0.3, -0.25) is 43.2 Å². The first-order valence-corrected chi connectivity index (χ1v) is 41.5. The number of carbonyl (C=O) groups is 9. The van der Waals surface area contributed by atoms with Crippen LogP contribution < -0.4 is 11.1 Å². The van der Waals surface area contributed by atoms with Gasteiger partial charge < -0.3 is 60.1 Å². The molecule has 0 aromatic carbocycles. The molecule has 0 saturated heterocycles. The standard InChI is InChI=1S/C81H154N8O13/c1-11-21-27-29-31-33-39-49-80(99)101-53-43-37-35-41-51-84(61-77(96)86(60-73(82)92)56-68(17-7)45-23-13-3)76(95)64-88(58-70(19-9)47-25-15-5)79(98)65-89(59-71(20-10)48-26-16-6)78(97)62-85(52-42-36-38-44-54-102-81(100)50-40-34-32-30-28-22-12-2)75(94)63-87(57-69(18-8)46-24-14-4)74(93)55-83-72(66-90)67-91/h68-72,83,90-91H,11-67H2,1-10H3,(H2,82,92). The molecule has 102 heavy (non-hydrogen) atoms. The maximum atomic E-state index is 15.5. The smallest absolute Gasteiger partial charge is 0.305 e. The molecule has 4 unspecified atom stereocenters. The highest BCUT2D eigenvalue weighted by molar-refractivity contribution is 5.93. The van der Waals surface area contributed by atoms with Crippen LogP contribution in [-0.2, 0) is 52.6 Å². The number of hydrogen-bond donors (Lipinski definition) is 4. The van der Waals surface area contributed by atoms with E-state index in [1.807, 2.05) is 0 Å². The third-order valence-electron chi connectivity index (χ3n) is 20.3. The maximum Gasteiger partial charge on any atom is 0.305 e. The van der Waals surface area contributed by atoms with Gasteiger partial charge in [0.05, 0.1) is 78.3 Å². The van der Waals surface area contributed by atoms with Crippen molar-refractivity contribution in [2.45, 2.75) is 332 Å². The number of rotatable bonds is 71. The molecule has 4 atom stereocenters. The van der Waals surface area contributed by atoms with E-state index in [0.717, 1.165) is 148 Å². The van der Waals surface area contributed by atoms with E-state index in [1.165, 1.54) is 71.0 Å². The van der Waals surface area contributed by atoms with E-state index in [0.29, 0.717) is 77.5 Å². The van der Waals surface area contributed by atoms with E-state index in [4.69, 9.17) is 15.2 Å². The summed E-state index contributed by atoms with van der Waals surface area (Å²) >= 11 is 0. The number of nitrogens with two attached hydrogens (primary N) is 1. The fourth-order valence-electron chi connectivity index (χ4n) is 13.0. The highest BCUT2D eigenvalue weighted by Crippen LogP contribution is 2.22. The topological polar surface area (TPSA) is 270 Å². The first kappa shape index (κ1) is 97.1. The van der Waals surface area contributed by atoms with Crippen molar-refractivity contribution in [1.29, 1.82) is 0 Å². The first-order valence-electron chi connectivity index (χ1n) is 41.5. The van der Waals surface area contributed by atoms with Gasteiger partial charge in [-0.05, 0) is 101 Å². The summed E-state index contributed by atoms with van der Waals surface area (Å²) in [6, 6.07) is -0.740. The number of nitrogens with zero attached hydrogens (tertiary/aromatic N) is 6. The molecule has 0 aromatic rings. The molecule has 0 fully saturated rings. The highest BCUT2D eigenvalue weighted by atomic mass is 16.5. The zero-order valence-electron chi connectivity index (χ0n) is 66.8. The van der Waals surface area contributed by atoms with Gasteiger partial charge >= 0.3 is 11.9 Å². The van der Waals surface area contributed by atoms with Crippen LogP contribution >= 0.6 is 0 Å². The van der Waals surface area contributed by atoms with Gasteiger partial charge in [-0.15, -0.1) is 0 Å². The summed E-state index contributed by atoms with van der Waals surface area (Å²) in [6.45, 7) is 20.0. The van der Waals surface area contributed by atoms with Crippen LogP contribution in [-0.4, -0.2) is 210 Å². The SMILES string of the molecule is CCCCCCCCCC(=O)OCCCCCCN(CC(=O)N(CC(=O)N(CC(=O)N(CCCCCCOC(=O)CCCCCCCCC)CC(=O)N(CC(N)=O)CC(CC)CCCC)CC(CC)CCCC)CC(CC)CCCC)C(=O)CN(CC(CC)CCCC)C(=O)CNC(CO)CO. The van der Waals surface area contributed by atoms with Gasteiger partial charge in [0, 0.05) is 52.1 Å². The van der Waals surface area contributed by atoms with Crippen molar-refractivity contribution in [3.05, 3.63) is 0 Å². The van der Waals surface area contributed by atoms with Crippen LogP contribution in [0.5, 0.6) is 0 Å². The Bertz CT molecular complexity index is 2170. The van der Waals surface area contributed by atoms with Crippen LogP contribution in [0, 0.1) is 23.7 Å². The molecule has 0 aromatic heterocycles. The molecule has 0 spiro atoms. The molecule has 0 bridgehead atoms. The van der Waals surface area contributed by atoms with E-state index in [2.05, 4.69) is 74.6 Å². The number of primary amides is 1. The van der Waals surface area contributed by atoms with E-state index >= 15 is 19.2 Å². The predicted octanol–water partition coefficient (Wildman–Crippen LogP) is 13.7. The lowest BCUT2D eigenvalue weighted by Gasteiger charge is -2.35. The van der Waals surface area contributed by atoms with Crippen molar-refractivity contribution in [3.63, 3.8) is 0 Å². The number of amides is 7. The number of esters is 2. The minimum atomic E-state index is -0.740. The lowest BCUT2D eigenvalue weighted by molar-refractivity contribution is -0.148. The van der Waals surface area contributed by atoms with Gasteiger partial charge in [0.25, 0.3) is 0 Å². The van der Waals surface area contributed by atoms with Crippen LogP contribution in [0.4, 0.5) is 0 Å². The fourth-order valence-corrected chi connectivity index (χ4v) is 13.0. The summed E-state index contributed by atoms with van der Waals surface area (Å²) < 4.78 is 11.2. The molecular weight excluding hydrogens is 1290 g/mol. The van der Waals surface area contributed by atoms with Crippen LogP contribution in [0.15, 0.2) is 0 Å². The van der Waals surface area contributed by atoms with Gasteiger partial charge in [-0.25, -0.2) is 0 Å². The van der Waals surface area contributed by atoms with Crippen LogP contribution in [0.25, 0.3) is 0 Å². The molecule has 0 heterocycles. The van der Waals surface area contributed by atoms with Crippen molar-refractivity contribution in [3.8, 4) is 0 Å². The second-order valence-corrected chi connectivity index (χ2v) is 29.3. The maximum absolute atomic E-state index is 15.5. The summed E-state index contributed by atoms with van der Waals surface area (Å²) in [5.41, 5.74) is 5.79. The summed E-state index contributed by atoms with van der Waals surface area (Å²) in [5.74, 6) is -3.37. The lowest BCUT2D eigenvalue weighted by atomic mass is 9.98. The molecule has 596 valence electrons. The van der Waals surface area contributed by atoms with Gasteiger partial charge in [0.1, 0.15) is 0 Å². The van der Waals surface area contributed by atoms with E-state index < -0.39 is 54.7 Å². The van der Waals surface area contributed by atoms with Crippen molar-refractivity contribution in [2.75, 3.05) is 112 Å². The summed E-state index contributed by atoms with van der Waals surface area (Å²) in [4.78, 5) is 137. The molecule has 7 amide bonds. The molecule has 0 aliphatic rings. The van der Waals surface area contributed by atoms with Gasteiger partial charge in [-0.2, -0.15) is 0 Å². The average molecular weight is 1450 g/mol. The summed E-state index contributed by atoms with van der Waals surface area (Å²) in [6.07, 6.45) is 35.2. The Morgan fingerprint density at radius 1 is 0.324 bits per heavy atom. The second-order valence-electron chi connectivity index (χ2n) is 29.3. The van der Waals surface area contributed by atoms with Crippen molar-refractivity contribution in [2.24, 2.45) is 29.4 Å². The van der Waals surface area contributed by atoms with Crippen molar-refractivity contribution < 1.29 is 62.8 Å². The normalized spacial score (nSPS) is 12.6. The zero-order chi connectivity index (χ0) is 76.0. The number of unbranched alkanes of at least 4 members (excludes halogenated alkanes) is 22. The van der Waals surface area contributed by atoms with Crippen LogP contribution in [0.3, 0.4) is 0 Å². The molecule has 21 nitrogen and oxygen atoms in total. The van der Waals surface area contributed by atoms with Crippen molar-refractivity contribution >= 4 is 53.3 Å². The van der Waals surface area contributed by atoms with Gasteiger partial charge in [-0.1, -0.05) is 236 Å². The largest absolute Gasteiger partial charge is 0.466 e. The number of nitrogens with one attached hydrogen (secondary N) is 1. The van der Waals surface area contributed by atoms with Crippen molar-refractivity contribution in [1.82, 2.24) is 34.7 Å². The Hall–Kier alpha value is -4.89. The van der Waals surface area contributed by atoms with Crippen LogP contribution in [0.1, 0.15) is 326 Å². The molecule has 0 saturated carbocycles. The van der Waals surface area contributed by atoms with Gasteiger partial charge in [0.15, 0.2) is 0 Å². The Labute approximate surface area is 621 Å².